The van der Waals surface area contributed by atoms with Gasteiger partial charge in [0.15, 0.2) is 5.76 Å². The molecule has 1 aromatic heterocycles. The predicted molar refractivity (Wildman–Crippen MR) is 93.7 cm³/mol. The van der Waals surface area contributed by atoms with Crippen LogP contribution in [0.4, 0.5) is 0 Å². The average molecular weight is 341 g/mol. The van der Waals surface area contributed by atoms with E-state index < -0.39 is 5.97 Å². The Hall–Kier alpha value is -2.30. The SMILES string of the molecule is Cc1ccc(C)c2c(C)c(C(=O)N3CCC4(CC3)CC4C(=O)O)oc12. The Morgan fingerprint density at radius 1 is 1.16 bits per heavy atom. The topological polar surface area (TPSA) is 70.8 Å². The van der Waals surface area contributed by atoms with E-state index in [0.29, 0.717) is 18.8 Å². The Morgan fingerprint density at radius 3 is 2.36 bits per heavy atom. The van der Waals surface area contributed by atoms with Crippen LogP contribution in [0.5, 0.6) is 0 Å². The first-order valence-corrected chi connectivity index (χ1v) is 8.85. The number of hydrogen-bond acceptors (Lipinski definition) is 3. The van der Waals surface area contributed by atoms with Crippen molar-refractivity contribution in [2.75, 3.05) is 13.1 Å². The summed E-state index contributed by atoms with van der Waals surface area (Å²) < 4.78 is 5.97. The lowest BCUT2D eigenvalue weighted by Gasteiger charge is -2.32. The lowest BCUT2D eigenvalue weighted by molar-refractivity contribution is -0.139. The molecule has 0 bridgehead atoms. The van der Waals surface area contributed by atoms with Crippen molar-refractivity contribution < 1.29 is 19.1 Å². The molecule has 1 amide bonds. The zero-order chi connectivity index (χ0) is 17.9. The number of carbonyl (C=O) groups excluding carboxylic acids is 1. The number of carbonyl (C=O) groups is 2. The third kappa shape index (κ3) is 2.36. The van der Waals surface area contributed by atoms with Crippen molar-refractivity contribution in [2.24, 2.45) is 11.3 Å². The molecule has 1 saturated carbocycles. The van der Waals surface area contributed by atoms with Crippen molar-refractivity contribution in [2.45, 2.75) is 40.0 Å². The average Bonchev–Trinajstić information content (AvgIpc) is 3.17. The van der Waals surface area contributed by atoms with Gasteiger partial charge >= 0.3 is 5.97 Å². The fraction of sp³-hybridized carbons (Fsp3) is 0.500. The Bertz CT molecular complexity index is 887. The molecule has 25 heavy (non-hydrogen) atoms. The maximum Gasteiger partial charge on any atom is 0.307 e. The van der Waals surface area contributed by atoms with Gasteiger partial charge < -0.3 is 14.4 Å². The second-order valence-electron chi connectivity index (χ2n) is 7.71. The monoisotopic (exact) mass is 341 g/mol. The van der Waals surface area contributed by atoms with Crippen LogP contribution in [0.25, 0.3) is 11.0 Å². The van der Waals surface area contributed by atoms with Gasteiger partial charge in [-0.3, -0.25) is 9.59 Å². The van der Waals surface area contributed by atoms with Crippen molar-refractivity contribution in [1.82, 2.24) is 4.90 Å². The maximum atomic E-state index is 13.0. The van der Waals surface area contributed by atoms with Gasteiger partial charge in [0.1, 0.15) is 5.58 Å². The lowest BCUT2D eigenvalue weighted by Crippen LogP contribution is -2.40. The van der Waals surface area contributed by atoms with E-state index in [1.54, 1.807) is 0 Å². The predicted octanol–water partition coefficient (Wildman–Crippen LogP) is 3.68. The summed E-state index contributed by atoms with van der Waals surface area (Å²) in [5, 5.41) is 10.2. The summed E-state index contributed by atoms with van der Waals surface area (Å²) in [5.74, 6) is -0.564. The van der Waals surface area contributed by atoms with Crippen LogP contribution in [-0.4, -0.2) is 35.0 Å². The third-order valence-electron chi connectivity index (χ3n) is 6.21. The van der Waals surface area contributed by atoms with Gasteiger partial charge in [0.25, 0.3) is 5.91 Å². The Kier molecular flexibility index (Phi) is 3.46. The molecule has 5 nitrogen and oxygen atoms in total. The summed E-state index contributed by atoms with van der Waals surface area (Å²) in [6.45, 7) is 7.18. The number of aliphatic carboxylic acids is 1. The third-order valence-corrected chi connectivity index (χ3v) is 6.21. The van der Waals surface area contributed by atoms with Gasteiger partial charge in [-0.05, 0) is 56.6 Å². The highest BCUT2D eigenvalue weighted by Gasteiger charge is 2.59. The molecule has 1 atom stereocenters. The molecule has 132 valence electrons. The minimum Gasteiger partial charge on any atom is -0.481 e. The minimum atomic E-state index is -0.696. The molecule has 1 spiro atoms. The fourth-order valence-electron chi connectivity index (χ4n) is 4.43. The van der Waals surface area contributed by atoms with Gasteiger partial charge in [-0.25, -0.2) is 0 Å². The molecule has 1 N–H and O–H groups in total. The summed E-state index contributed by atoms with van der Waals surface area (Å²) >= 11 is 0. The van der Waals surface area contributed by atoms with Crippen molar-refractivity contribution in [3.63, 3.8) is 0 Å². The van der Waals surface area contributed by atoms with Crippen LogP contribution in [-0.2, 0) is 4.79 Å². The molecule has 4 rings (SSSR count). The maximum absolute atomic E-state index is 13.0. The van der Waals surface area contributed by atoms with E-state index in [9.17, 15) is 14.7 Å². The van der Waals surface area contributed by atoms with Crippen LogP contribution in [0, 0.1) is 32.1 Å². The van der Waals surface area contributed by atoms with Crippen molar-refractivity contribution in [3.05, 3.63) is 34.6 Å². The molecule has 1 aliphatic heterocycles. The van der Waals surface area contributed by atoms with Crippen LogP contribution in [0.15, 0.2) is 16.5 Å². The van der Waals surface area contributed by atoms with E-state index in [2.05, 4.69) is 6.07 Å². The molecule has 2 fully saturated rings. The summed E-state index contributed by atoms with van der Waals surface area (Å²) in [6.07, 6.45) is 2.30. The highest BCUT2D eigenvalue weighted by Crippen LogP contribution is 2.59. The highest BCUT2D eigenvalue weighted by molar-refractivity contribution is 6.00. The number of likely N-dealkylation sites (tertiary alicyclic amines) is 1. The van der Waals surface area contributed by atoms with E-state index in [0.717, 1.165) is 46.9 Å². The van der Waals surface area contributed by atoms with Gasteiger partial charge in [-0.2, -0.15) is 0 Å². The Balaban J connectivity index is 1.58. The van der Waals surface area contributed by atoms with Crippen molar-refractivity contribution >= 4 is 22.8 Å². The molecule has 5 heteroatoms. The van der Waals surface area contributed by atoms with Crippen molar-refractivity contribution in [3.8, 4) is 0 Å². The molecular weight excluding hydrogens is 318 g/mol. The molecular formula is C20H23NO4. The Labute approximate surface area is 146 Å². The quantitative estimate of drug-likeness (QED) is 0.904. The first-order valence-electron chi connectivity index (χ1n) is 8.85. The number of hydrogen-bond donors (Lipinski definition) is 1. The van der Waals surface area contributed by atoms with Gasteiger partial charge in [0, 0.05) is 24.0 Å². The second kappa shape index (κ2) is 5.35. The zero-order valence-corrected chi connectivity index (χ0v) is 14.9. The normalized spacial score (nSPS) is 21.7. The number of carboxylic acid groups (broad SMARTS) is 1. The molecule has 1 unspecified atom stereocenters. The summed E-state index contributed by atoms with van der Waals surface area (Å²) in [7, 11) is 0. The lowest BCUT2D eigenvalue weighted by atomic mass is 9.90. The standard InChI is InChI=1S/C20H23NO4/c1-11-4-5-12(2)16-15(11)13(3)17(25-16)18(22)21-8-6-20(7-9-21)10-14(20)19(23)24/h4-5,14H,6-10H2,1-3H3,(H,23,24). The first kappa shape index (κ1) is 16.2. The molecule has 0 radical (unpaired) electrons. The smallest absolute Gasteiger partial charge is 0.307 e. The van der Waals surface area contributed by atoms with Crippen LogP contribution in [0.1, 0.15) is 46.5 Å². The van der Waals surface area contributed by atoms with Crippen molar-refractivity contribution in [1.29, 1.82) is 0 Å². The van der Waals surface area contributed by atoms with Crippen LogP contribution >= 0.6 is 0 Å². The van der Waals surface area contributed by atoms with E-state index in [-0.39, 0.29) is 17.2 Å². The van der Waals surface area contributed by atoms with Gasteiger partial charge in [-0.1, -0.05) is 12.1 Å². The number of nitrogens with zero attached hydrogens (tertiary/aromatic N) is 1. The minimum absolute atomic E-state index is 0.0707. The van der Waals surface area contributed by atoms with Gasteiger partial charge in [-0.15, -0.1) is 0 Å². The highest BCUT2D eigenvalue weighted by atomic mass is 16.4. The number of rotatable bonds is 2. The molecule has 1 saturated heterocycles. The Morgan fingerprint density at radius 2 is 1.80 bits per heavy atom. The van der Waals surface area contributed by atoms with Crippen LogP contribution in [0.2, 0.25) is 0 Å². The van der Waals surface area contributed by atoms with Gasteiger partial charge in [0.2, 0.25) is 0 Å². The van der Waals surface area contributed by atoms with Crippen LogP contribution in [0.3, 0.4) is 0 Å². The number of amides is 1. The second-order valence-corrected chi connectivity index (χ2v) is 7.71. The van der Waals surface area contributed by atoms with E-state index in [1.807, 2.05) is 31.7 Å². The van der Waals surface area contributed by atoms with E-state index in [4.69, 9.17) is 4.42 Å². The number of furan rings is 1. The summed E-state index contributed by atoms with van der Waals surface area (Å²) in [5.41, 5.74) is 3.76. The van der Waals surface area contributed by atoms with E-state index in [1.165, 1.54) is 0 Å². The van der Waals surface area contributed by atoms with Crippen LogP contribution < -0.4 is 0 Å². The number of aryl methyl sites for hydroxylation is 3. The molecule has 2 aromatic rings. The fourth-order valence-corrected chi connectivity index (χ4v) is 4.43. The van der Waals surface area contributed by atoms with E-state index >= 15 is 0 Å². The first-order chi connectivity index (χ1) is 11.8. The number of fused-ring (bicyclic) bond motifs is 1. The molecule has 1 aliphatic carbocycles. The largest absolute Gasteiger partial charge is 0.481 e. The number of benzene rings is 1. The molecule has 2 heterocycles. The summed E-state index contributed by atoms with van der Waals surface area (Å²) in [6, 6.07) is 4.07. The van der Waals surface area contributed by atoms with Gasteiger partial charge in [0.05, 0.1) is 5.92 Å². The summed E-state index contributed by atoms with van der Waals surface area (Å²) in [4.78, 5) is 26.0. The number of piperidine rings is 1. The number of carboxylic acids is 1. The molecule has 1 aromatic carbocycles. The molecule has 2 aliphatic rings. The zero-order valence-electron chi connectivity index (χ0n) is 14.9.